The zero-order valence-electron chi connectivity index (χ0n) is 21.0. The first-order valence-corrected chi connectivity index (χ1v) is 15.5. The molecule has 4 nitrogen and oxygen atoms in total. The summed E-state index contributed by atoms with van der Waals surface area (Å²) in [5, 5.41) is 9.39. The van der Waals surface area contributed by atoms with E-state index in [-0.39, 0.29) is 23.2 Å². The number of hydrogen-bond acceptors (Lipinski definition) is 3. The van der Waals surface area contributed by atoms with Crippen molar-refractivity contribution in [3.8, 4) is 0 Å². The van der Waals surface area contributed by atoms with Crippen molar-refractivity contribution in [2.24, 2.45) is 5.92 Å². The largest absolute Gasteiger partial charge is 0.479 e. The van der Waals surface area contributed by atoms with E-state index >= 15 is 0 Å². The Hall–Kier alpha value is -0.393. The van der Waals surface area contributed by atoms with Gasteiger partial charge in [-0.05, 0) is 24.6 Å². The van der Waals surface area contributed by atoms with Crippen LogP contribution in [0.4, 0.5) is 0 Å². The van der Waals surface area contributed by atoms with Crippen molar-refractivity contribution in [1.29, 1.82) is 0 Å². The minimum Gasteiger partial charge on any atom is -0.479 e. The Bertz CT molecular complexity index is 486. The second-order valence-electron chi connectivity index (χ2n) is 11.0. The fraction of sp³-hybridized carbons (Fsp3) is 0.960. The van der Waals surface area contributed by atoms with E-state index in [2.05, 4.69) is 47.7 Å². The fourth-order valence-electron chi connectivity index (χ4n) is 3.93. The van der Waals surface area contributed by atoms with E-state index in [0.29, 0.717) is 0 Å². The Balaban J connectivity index is 2.37. The molecule has 1 aliphatic heterocycles. The maximum absolute atomic E-state index is 11.2. The van der Waals surface area contributed by atoms with E-state index in [9.17, 15) is 9.90 Å². The van der Waals surface area contributed by atoms with Crippen LogP contribution in [0, 0.1) is 5.92 Å². The van der Waals surface area contributed by atoms with E-state index in [1.165, 1.54) is 64.2 Å². The second kappa shape index (κ2) is 13.2. The molecule has 1 saturated heterocycles. The maximum atomic E-state index is 11.2. The van der Waals surface area contributed by atoms with Gasteiger partial charge >= 0.3 is 5.97 Å². The van der Waals surface area contributed by atoms with Crippen molar-refractivity contribution < 1.29 is 19.1 Å². The molecule has 0 spiro atoms. The van der Waals surface area contributed by atoms with Gasteiger partial charge in [0.1, 0.15) is 6.10 Å². The monoisotopic (exact) mass is 442 g/mol. The first-order valence-electron chi connectivity index (χ1n) is 12.6. The summed E-state index contributed by atoms with van der Waals surface area (Å²) in [5.74, 6) is -0.712. The highest BCUT2D eigenvalue weighted by molar-refractivity contribution is 6.74. The van der Waals surface area contributed by atoms with Crippen molar-refractivity contribution in [3.63, 3.8) is 0 Å². The number of aliphatic carboxylic acids is 1. The third-order valence-electron chi connectivity index (χ3n) is 7.22. The SMILES string of the molecule is CCCCCCCCCCCCC[C@@H](O[Si](C)(C)C(C)(C)C)[C@H](C)[C@H]1O[C@@H]1C(=O)O. The van der Waals surface area contributed by atoms with Gasteiger partial charge in [-0.25, -0.2) is 4.79 Å². The van der Waals surface area contributed by atoms with Gasteiger partial charge in [-0.15, -0.1) is 0 Å². The molecule has 178 valence electrons. The molecule has 30 heavy (non-hydrogen) atoms. The second-order valence-corrected chi connectivity index (χ2v) is 15.7. The molecule has 0 saturated carbocycles. The van der Waals surface area contributed by atoms with Gasteiger partial charge in [0.2, 0.25) is 0 Å². The summed E-state index contributed by atoms with van der Waals surface area (Å²) in [4.78, 5) is 11.2. The number of carboxylic acid groups (broad SMARTS) is 1. The lowest BCUT2D eigenvalue weighted by Gasteiger charge is -2.41. The molecular formula is C25H50O4Si. The average molecular weight is 443 g/mol. The van der Waals surface area contributed by atoms with Crippen LogP contribution in [-0.4, -0.2) is 37.7 Å². The topological polar surface area (TPSA) is 59.1 Å². The quantitative estimate of drug-likeness (QED) is 0.143. The highest BCUT2D eigenvalue weighted by Crippen LogP contribution is 2.41. The lowest BCUT2D eigenvalue weighted by Crippen LogP contribution is -2.46. The number of rotatable bonds is 17. The number of carbonyl (C=O) groups is 1. The normalized spacial score (nSPS) is 21.4. The molecule has 1 rings (SSSR count). The fourth-order valence-corrected chi connectivity index (χ4v) is 5.37. The van der Waals surface area contributed by atoms with Crippen LogP contribution in [0.3, 0.4) is 0 Å². The Morgan fingerprint density at radius 2 is 1.43 bits per heavy atom. The molecule has 0 aromatic carbocycles. The first kappa shape index (κ1) is 27.6. The van der Waals surface area contributed by atoms with Crippen molar-refractivity contribution in [2.45, 2.75) is 148 Å². The number of epoxide rings is 1. The Labute approximate surface area is 187 Å². The van der Waals surface area contributed by atoms with Crippen molar-refractivity contribution in [3.05, 3.63) is 0 Å². The highest BCUT2D eigenvalue weighted by Gasteiger charge is 2.52. The maximum Gasteiger partial charge on any atom is 0.335 e. The molecule has 0 aliphatic carbocycles. The van der Waals surface area contributed by atoms with Crippen LogP contribution >= 0.6 is 0 Å². The number of carboxylic acids is 1. The van der Waals surface area contributed by atoms with Gasteiger partial charge in [-0.3, -0.25) is 0 Å². The van der Waals surface area contributed by atoms with Crippen LogP contribution in [0.1, 0.15) is 112 Å². The van der Waals surface area contributed by atoms with E-state index in [1.807, 2.05) is 0 Å². The zero-order valence-corrected chi connectivity index (χ0v) is 22.0. The summed E-state index contributed by atoms with van der Waals surface area (Å²) >= 11 is 0. The van der Waals surface area contributed by atoms with Crippen LogP contribution in [0.2, 0.25) is 18.1 Å². The van der Waals surface area contributed by atoms with Gasteiger partial charge in [0, 0.05) is 5.92 Å². The summed E-state index contributed by atoms with van der Waals surface area (Å²) in [6, 6.07) is 0. The van der Waals surface area contributed by atoms with Gasteiger partial charge in [0.05, 0.1) is 6.10 Å². The van der Waals surface area contributed by atoms with Crippen molar-refractivity contribution >= 4 is 14.3 Å². The molecule has 0 radical (unpaired) electrons. The van der Waals surface area contributed by atoms with Crippen LogP contribution in [0.25, 0.3) is 0 Å². The molecular weight excluding hydrogens is 392 g/mol. The third kappa shape index (κ3) is 9.82. The molecule has 1 aliphatic rings. The van der Waals surface area contributed by atoms with Crippen LogP contribution < -0.4 is 0 Å². The summed E-state index contributed by atoms with van der Waals surface area (Å²) in [6.45, 7) is 15.7. The summed E-state index contributed by atoms with van der Waals surface area (Å²) in [6.07, 6.45) is 15.0. The van der Waals surface area contributed by atoms with Gasteiger partial charge in [-0.2, -0.15) is 0 Å². The molecule has 0 bridgehead atoms. The molecule has 5 heteroatoms. The van der Waals surface area contributed by atoms with E-state index < -0.39 is 20.4 Å². The van der Waals surface area contributed by atoms with E-state index in [0.717, 1.165) is 12.8 Å². The Morgan fingerprint density at radius 1 is 0.967 bits per heavy atom. The summed E-state index contributed by atoms with van der Waals surface area (Å²) < 4.78 is 12.2. The lowest BCUT2D eigenvalue weighted by atomic mass is 9.94. The summed E-state index contributed by atoms with van der Waals surface area (Å²) in [5.41, 5.74) is 0. The predicted octanol–water partition coefficient (Wildman–Crippen LogP) is 7.57. The first-order chi connectivity index (χ1) is 14.0. The third-order valence-corrected chi connectivity index (χ3v) is 11.7. The van der Waals surface area contributed by atoms with E-state index in [1.54, 1.807) is 0 Å². The number of ether oxygens (including phenoxy) is 1. The van der Waals surface area contributed by atoms with E-state index in [4.69, 9.17) is 9.16 Å². The van der Waals surface area contributed by atoms with Gasteiger partial charge in [0.15, 0.2) is 14.4 Å². The minimum atomic E-state index is -1.90. The lowest BCUT2D eigenvalue weighted by molar-refractivity contribution is -0.138. The average Bonchev–Trinajstić information content (AvgIpc) is 3.44. The predicted molar refractivity (Wildman–Crippen MR) is 129 cm³/mol. The van der Waals surface area contributed by atoms with Gasteiger partial charge < -0.3 is 14.3 Å². The standard InChI is InChI=1S/C25H50O4Si/c1-8-9-10-11-12-13-14-15-16-17-18-19-21(29-30(6,7)25(3,4)5)20(2)22-23(28-22)24(26)27/h20-23H,8-19H2,1-7H3,(H,26,27)/t20-,21+,22+,23-/m0/s1. The zero-order chi connectivity index (χ0) is 22.8. The molecule has 1 heterocycles. The minimum absolute atomic E-state index is 0.0961. The van der Waals surface area contributed by atoms with Gasteiger partial charge in [-0.1, -0.05) is 105 Å². The molecule has 4 atom stereocenters. The van der Waals surface area contributed by atoms with Gasteiger partial charge in [0.25, 0.3) is 0 Å². The Kier molecular flexibility index (Phi) is 12.2. The highest BCUT2D eigenvalue weighted by atomic mass is 28.4. The Morgan fingerprint density at radius 3 is 1.83 bits per heavy atom. The molecule has 1 N–H and O–H groups in total. The molecule has 0 aromatic rings. The smallest absolute Gasteiger partial charge is 0.335 e. The molecule has 0 unspecified atom stereocenters. The van der Waals surface area contributed by atoms with Crippen LogP contribution in [0.5, 0.6) is 0 Å². The summed E-state index contributed by atoms with van der Waals surface area (Å²) in [7, 11) is -1.90. The van der Waals surface area contributed by atoms with Crippen LogP contribution in [-0.2, 0) is 14.0 Å². The molecule has 1 fully saturated rings. The van der Waals surface area contributed by atoms with Crippen molar-refractivity contribution in [2.75, 3.05) is 0 Å². The molecule has 0 amide bonds. The van der Waals surface area contributed by atoms with Crippen LogP contribution in [0.15, 0.2) is 0 Å². The number of unbranched alkanes of at least 4 members (excludes halogenated alkanes) is 10. The molecule has 0 aromatic heterocycles. The van der Waals surface area contributed by atoms with Crippen molar-refractivity contribution in [1.82, 2.24) is 0 Å². The number of hydrogen-bond donors (Lipinski definition) is 1.